The second kappa shape index (κ2) is 14.5. The number of likely N-dealkylation sites (tertiary alicyclic amines) is 2. The highest BCUT2D eigenvalue weighted by atomic mass is 16.6. The van der Waals surface area contributed by atoms with Crippen LogP contribution in [0.25, 0.3) is 0 Å². The summed E-state index contributed by atoms with van der Waals surface area (Å²) in [5.41, 5.74) is 3.88. The van der Waals surface area contributed by atoms with Gasteiger partial charge in [-0.2, -0.15) is 0 Å². The summed E-state index contributed by atoms with van der Waals surface area (Å²) in [6.45, 7) is 8.08. The van der Waals surface area contributed by atoms with Crippen LogP contribution in [0.2, 0.25) is 0 Å². The van der Waals surface area contributed by atoms with E-state index in [4.69, 9.17) is 15.2 Å². The number of carbonyl (C=O) groups is 5. The molecular formula is C31H47N5O9. The quantitative estimate of drug-likeness (QED) is 0.226. The minimum Gasteiger partial charge on any atom is -0.497 e. The van der Waals surface area contributed by atoms with Crippen molar-refractivity contribution < 1.29 is 43.7 Å². The number of benzene rings is 1. The van der Waals surface area contributed by atoms with Crippen molar-refractivity contribution in [1.82, 2.24) is 20.4 Å². The monoisotopic (exact) mass is 633 g/mol. The number of aliphatic hydroxyl groups is 2. The Bertz CT molecular complexity index is 1250. The molecule has 2 heterocycles. The lowest BCUT2D eigenvalue weighted by atomic mass is 9.86. The van der Waals surface area contributed by atoms with E-state index in [0.717, 1.165) is 0 Å². The van der Waals surface area contributed by atoms with Gasteiger partial charge >= 0.3 is 6.09 Å². The molecule has 6 atom stereocenters. The zero-order valence-electron chi connectivity index (χ0n) is 26.9. The highest BCUT2D eigenvalue weighted by Crippen LogP contribution is 2.36. The molecule has 5 amide bonds. The van der Waals surface area contributed by atoms with Crippen LogP contribution in [-0.2, 0) is 30.3 Å². The van der Waals surface area contributed by atoms with E-state index in [1.807, 2.05) is 0 Å². The molecule has 14 nitrogen and oxygen atoms in total. The second-order valence-electron chi connectivity index (χ2n) is 12.8. The van der Waals surface area contributed by atoms with Crippen LogP contribution >= 0.6 is 0 Å². The minimum atomic E-state index is -1.47. The first-order chi connectivity index (χ1) is 21.0. The Morgan fingerprint density at radius 1 is 1.00 bits per heavy atom. The SMILES string of the molecule is COc1ccc(C[C@]2(C(=O)NC(C(N)=O)[C@@H](C)O)CCCN2C(=O)[C@@H]2CCCN2C(=O)[C@@H](NC(=O)OC(C)(C)C)C(C)O)cc1. The van der Waals surface area contributed by atoms with Gasteiger partial charge in [0.15, 0.2) is 0 Å². The fourth-order valence-electron chi connectivity index (χ4n) is 5.95. The smallest absolute Gasteiger partial charge is 0.408 e. The molecule has 2 aliphatic heterocycles. The van der Waals surface area contributed by atoms with E-state index in [0.29, 0.717) is 30.6 Å². The first-order valence-electron chi connectivity index (χ1n) is 15.2. The Morgan fingerprint density at radius 3 is 2.16 bits per heavy atom. The maximum absolute atomic E-state index is 14.3. The molecule has 1 aromatic carbocycles. The van der Waals surface area contributed by atoms with Crippen LogP contribution in [-0.4, -0.2) is 111 Å². The molecule has 45 heavy (non-hydrogen) atoms. The number of hydrogen-bond donors (Lipinski definition) is 5. The zero-order chi connectivity index (χ0) is 33.7. The van der Waals surface area contributed by atoms with Crippen molar-refractivity contribution in [2.75, 3.05) is 20.2 Å². The molecule has 1 aromatic rings. The average Bonchev–Trinajstić information content (AvgIpc) is 3.61. The highest BCUT2D eigenvalue weighted by Gasteiger charge is 2.53. The summed E-state index contributed by atoms with van der Waals surface area (Å²) in [6.07, 6.45) is -1.89. The van der Waals surface area contributed by atoms with Gasteiger partial charge in [-0.1, -0.05) is 12.1 Å². The fourth-order valence-corrected chi connectivity index (χ4v) is 5.95. The predicted octanol–water partition coefficient (Wildman–Crippen LogP) is 0.215. The maximum Gasteiger partial charge on any atom is 0.408 e. The third-order valence-corrected chi connectivity index (χ3v) is 8.15. The number of amides is 5. The molecule has 250 valence electrons. The van der Waals surface area contributed by atoms with Gasteiger partial charge in [-0.25, -0.2) is 4.79 Å². The van der Waals surface area contributed by atoms with Crippen LogP contribution in [0.4, 0.5) is 4.79 Å². The molecular weight excluding hydrogens is 586 g/mol. The summed E-state index contributed by atoms with van der Waals surface area (Å²) >= 11 is 0. The molecule has 0 radical (unpaired) electrons. The van der Waals surface area contributed by atoms with E-state index < -0.39 is 71.2 Å². The number of alkyl carbamates (subject to hydrolysis) is 1. The number of carbonyl (C=O) groups excluding carboxylic acids is 5. The number of ether oxygens (including phenoxy) is 2. The summed E-state index contributed by atoms with van der Waals surface area (Å²) in [5, 5.41) is 25.6. The summed E-state index contributed by atoms with van der Waals surface area (Å²) in [7, 11) is 1.53. The molecule has 2 aliphatic rings. The molecule has 2 unspecified atom stereocenters. The van der Waals surface area contributed by atoms with Crippen LogP contribution < -0.4 is 21.1 Å². The van der Waals surface area contributed by atoms with Crippen LogP contribution in [0.5, 0.6) is 5.75 Å². The largest absolute Gasteiger partial charge is 0.497 e. The number of nitrogens with one attached hydrogen (secondary N) is 2. The molecule has 0 aromatic heterocycles. The van der Waals surface area contributed by atoms with E-state index in [-0.39, 0.29) is 25.9 Å². The standard InChI is InChI=1S/C31H47N5O9/c1-18(37)23(25(32)39)33-28(42)31(17-20-10-12-21(44-6)13-11-20)14-8-16-36(31)26(40)22-9-7-15-35(22)27(41)24(19(2)38)34-29(43)45-30(3,4)5/h10-13,18-19,22-24,37-38H,7-9,14-17H2,1-6H3,(H2,32,39)(H,33,42)(H,34,43)/t18-,19?,22+,23?,24+,31+/m1/s1. The third kappa shape index (κ3) is 8.42. The maximum atomic E-state index is 14.3. The highest BCUT2D eigenvalue weighted by molar-refractivity contribution is 5.98. The van der Waals surface area contributed by atoms with Crippen molar-refractivity contribution in [2.45, 2.75) is 108 Å². The Morgan fingerprint density at radius 2 is 1.62 bits per heavy atom. The number of nitrogens with two attached hydrogens (primary N) is 1. The van der Waals surface area contributed by atoms with Gasteiger partial charge in [0.2, 0.25) is 23.6 Å². The summed E-state index contributed by atoms with van der Waals surface area (Å²) in [6, 6.07) is 3.28. The Labute approximate surface area is 263 Å². The van der Waals surface area contributed by atoms with Crippen molar-refractivity contribution in [3.05, 3.63) is 29.8 Å². The molecule has 0 aliphatic carbocycles. The first-order valence-corrected chi connectivity index (χ1v) is 15.2. The lowest BCUT2D eigenvalue weighted by Crippen LogP contribution is -2.65. The van der Waals surface area contributed by atoms with E-state index in [2.05, 4.69) is 10.6 Å². The normalized spacial score (nSPS) is 22.6. The molecule has 0 spiro atoms. The van der Waals surface area contributed by atoms with Gasteiger partial charge < -0.3 is 45.9 Å². The second-order valence-corrected chi connectivity index (χ2v) is 12.8. The van der Waals surface area contributed by atoms with Crippen LogP contribution in [0, 0.1) is 0 Å². The molecule has 0 bridgehead atoms. The molecule has 2 saturated heterocycles. The van der Waals surface area contributed by atoms with Gasteiger partial charge in [-0.15, -0.1) is 0 Å². The number of aliphatic hydroxyl groups excluding tert-OH is 2. The molecule has 2 fully saturated rings. The van der Waals surface area contributed by atoms with Gasteiger partial charge in [-0.3, -0.25) is 19.2 Å². The van der Waals surface area contributed by atoms with Gasteiger partial charge in [0, 0.05) is 19.5 Å². The van der Waals surface area contributed by atoms with Crippen molar-refractivity contribution in [3.8, 4) is 5.75 Å². The number of rotatable bonds is 11. The summed E-state index contributed by atoms with van der Waals surface area (Å²) in [5.74, 6) is -2.11. The topological polar surface area (TPSA) is 201 Å². The van der Waals surface area contributed by atoms with E-state index in [9.17, 15) is 34.2 Å². The van der Waals surface area contributed by atoms with E-state index >= 15 is 0 Å². The molecule has 6 N–H and O–H groups in total. The first kappa shape index (κ1) is 35.6. The van der Waals surface area contributed by atoms with Gasteiger partial charge in [-0.05, 0) is 78.0 Å². The van der Waals surface area contributed by atoms with Crippen LogP contribution in [0.15, 0.2) is 24.3 Å². The predicted molar refractivity (Wildman–Crippen MR) is 163 cm³/mol. The average molecular weight is 634 g/mol. The van der Waals surface area contributed by atoms with Gasteiger partial charge in [0.1, 0.15) is 35.0 Å². The number of primary amides is 1. The van der Waals surface area contributed by atoms with E-state index in [1.165, 1.54) is 30.8 Å². The van der Waals surface area contributed by atoms with Gasteiger partial charge in [0.05, 0.1) is 19.3 Å². The number of nitrogens with zero attached hydrogens (tertiary/aromatic N) is 2. The lowest BCUT2D eigenvalue weighted by molar-refractivity contribution is -0.153. The Kier molecular flexibility index (Phi) is 11.4. The van der Waals surface area contributed by atoms with E-state index in [1.54, 1.807) is 45.0 Å². The van der Waals surface area contributed by atoms with Crippen molar-refractivity contribution >= 4 is 29.7 Å². The minimum absolute atomic E-state index is 0.0804. The number of methoxy groups -OCH3 is 1. The zero-order valence-corrected chi connectivity index (χ0v) is 26.9. The van der Waals surface area contributed by atoms with Gasteiger partial charge in [0.25, 0.3) is 0 Å². The molecule has 0 saturated carbocycles. The van der Waals surface area contributed by atoms with Crippen molar-refractivity contribution in [2.24, 2.45) is 5.73 Å². The Balaban J connectivity index is 1.95. The summed E-state index contributed by atoms with van der Waals surface area (Å²) in [4.78, 5) is 69.5. The van der Waals surface area contributed by atoms with Crippen molar-refractivity contribution in [1.29, 1.82) is 0 Å². The number of hydrogen-bond acceptors (Lipinski definition) is 9. The van der Waals surface area contributed by atoms with Crippen LogP contribution in [0.1, 0.15) is 65.9 Å². The molecule has 14 heteroatoms. The van der Waals surface area contributed by atoms with Crippen LogP contribution in [0.3, 0.4) is 0 Å². The van der Waals surface area contributed by atoms with Crippen molar-refractivity contribution in [3.63, 3.8) is 0 Å². The fraction of sp³-hybridized carbons (Fsp3) is 0.645. The Hall–Kier alpha value is -3.91. The lowest BCUT2D eigenvalue weighted by Gasteiger charge is -2.41. The third-order valence-electron chi connectivity index (χ3n) is 8.15. The summed E-state index contributed by atoms with van der Waals surface area (Å²) < 4.78 is 10.5. The molecule has 3 rings (SSSR count).